The molecule has 2 aromatic rings. The van der Waals surface area contributed by atoms with Crippen molar-refractivity contribution in [2.75, 3.05) is 18.5 Å². The predicted octanol–water partition coefficient (Wildman–Crippen LogP) is 2.20. The number of fused-ring (bicyclic) bond motifs is 1. The third-order valence-corrected chi connectivity index (χ3v) is 3.01. The van der Waals surface area contributed by atoms with E-state index in [1.165, 1.54) is 12.3 Å². The Labute approximate surface area is 121 Å². The fourth-order valence-corrected chi connectivity index (χ4v) is 2.00. The molecule has 0 radical (unpaired) electrons. The third-order valence-electron chi connectivity index (χ3n) is 3.01. The van der Waals surface area contributed by atoms with Gasteiger partial charge in [0, 0.05) is 24.4 Å². The molecule has 0 fully saturated rings. The highest BCUT2D eigenvalue weighted by atomic mass is 16.5. The lowest BCUT2D eigenvalue weighted by Crippen LogP contribution is -2.13. The summed E-state index contributed by atoms with van der Waals surface area (Å²) in [7, 11) is 0. The average molecular weight is 286 g/mol. The van der Waals surface area contributed by atoms with Crippen molar-refractivity contribution in [3.8, 4) is 17.2 Å². The van der Waals surface area contributed by atoms with E-state index in [9.17, 15) is 9.90 Å². The van der Waals surface area contributed by atoms with Gasteiger partial charge in [0.25, 0.3) is 5.91 Å². The average Bonchev–Trinajstić information content (AvgIpc) is 2.72. The van der Waals surface area contributed by atoms with Crippen molar-refractivity contribution in [1.82, 2.24) is 4.98 Å². The van der Waals surface area contributed by atoms with Crippen molar-refractivity contribution in [3.63, 3.8) is 0 Å². The number of hydrogen-bond donors (Lipinski definition) is 2. The molecule has 2 N–H and O–H groups in total. The van der Waals surface area contributed by atoms with Gasteiger partial charge in [-0.3, -0.25) is 4.79 Å². The van der Waals surface area contributed by atoms with Crippen LogP contribution in [0.1, 0.15) is 16.9 Å². The summed E-state index contributed by atoms with van der Waals surface area (Å²) in [5, 5.41) is 12.3. The maximum atomic E-state index is 12.1. The van der Waals surface area contributed by atoms with Gasteiger partial charge in [0.1, 0.15) is 5.75 Å². The Hall–Kier alpha value is -2.76. The van der Waals surface area contributed by atoms with Gasteiger partial charge in [-0.05, 0) is 24.3 Å². The summed E-state index contributed by atoms with van der Waals surface area (Å²) in [6.07, 6.45) is 2.26. The van der Waals surface area contributed by atoms with Crippen LogP contribution in [-0.4, -0.2) is 29.2 Å². The second-order valence-electron chi connectivity index (χ2n) is 4.54. The van der Waals surface area contributed by atoms with Crippen LogP contribution >= 0.6 is 0 Å². The van der Waals surface area contributed by atoms with E-state index in [1.54, 1.807) is 24.3 Å². The van der Waals surface area contributed by atoms with Crippen molar-refractivity contribution < 1.29 is 19.4 Å². The van der Waals surface area contributed by atoms with Gasteiger partial charge in [0.15, 0.2) is 17.2 Å². The summed E-state index contributed by atoms with van der Waals surface area (Å²) in [4.78, 5) is 15.9. The van der Waals surface area contributed by atoms with E-state index in [0.29, 0.717) is 30.4 Å². The van der Waals surface area contributed by atoms with Crippen LogP contribution in [0.25, 0.3) is 0 Å². The first-order valence-corrected chi connectivity index (χ1v) is 6.59. The second-order valence-corrected chi connectivity index (χ2v) is 4.54. The molecule has 1 aromatic carbocycles. The number of carbonyl (C=O) groups excluding carboxylic acids is 1. The zero-order valence-electron chi connectivity index (χ0n) is 11.2. The molecule has 0 saturated carbocycles. The van der Waals surface area contributed by atoms with Crippen molar-refractivity contribution in [3.05, 3.63) is 42.2 Å². The first-order chi connectivity index (χ1) is 10.2. The van der Waals surface area contributed by atoms with Crippen LogP contribution in [0.4, 0.5) is 5.69 Å². The SMILES string of the molecule is O=C(Nc1ccc2c(c1)OCCCO2)c1ncccc1O. The highest BCUT2D eigenvalue weighted by molar-refractivity contribution is 6.04. The number of anilines is 1. The van der Waals surface area contributed by atoms with E-state index < -0.39 is 5.91 Å². The number of amides is 1. The van der Waals surface area contributed by atoms with Crippen molar-refractivity contribution in [1.29, 1.82) is 0 Å². The zero-order chi connectivity index (χ0) is 14.7. The molecule has 0 atom stereocenters. The number of aromatic nitrogens is 1. The molecule has 1 aliphatic heterocycles. The van der Waals surface area contributed by atoms with E-state index in [-0.39, 0.29) is 11.4 Å². The molecule has 6 heteroatoms. The normalized spacial score (nSPS) is 13.3. The predicted molar refractivity (Wildman–Crippen MR) is 75.9 cm³/mol. The summed E-state index contributed by atoms with van der Waals surface area (Å²) >= 11 is 0. The number of benzene rings is 1. The van der Waals surface area contributed by atoms with Gasteiger partial charge in [0.2, 0.25) is 0 Å². The number of aromatic hydroxyl groups is 1. The summed E-state index contributed by atoms with van der Waals surface area (Å²) in [6, 6.07) is 8.12. The van der Waals surface area contributed by atoms with Gasteiger partial charge in [-0.2, -0.15) is 0 Å². The highest BCUT2D eigenvalue weighted by Crippen LogP contribution is 2.32. The standard InChI is InChI=1S/C15H14N2O4/c18-11-3-1-6-16-14(11)15(19)17-10-4-5-12-13(9-10)21-8-2-7-20-12/h1,3-6,9,18H,2,7-8H2,(H,17,19). The molecule has 1 aromatic heterocycles. The Balaban J connectivity index is 1.81. The molecule has 0 unspecified atom stereocenters. The van der Waals surface area contributed by atoms with Crippen molar-refractivity contribution >= 4 is 11.6 Å². The fourth-order valence-electron chi connectivity index (χ4n) is 2.00. The smallest absolute Gasteiger partial charge is 0.278 e. The molecule has 6 nitrogen and oxygen atoms in total. The van der Waals surface area contributed by atoms with Crippen LogP contribution < -0.4 is 14.8 Å². The first kappa shape index (κ1) is 13.2. The summed E-state index contributed by atoms with van der Waals surface area (Å²) in [5.41, 5.74) is 0.527. The van der Waals surface area contributed by atoms with E-state index >= 15 is 0 Å². The molecule has 0 aliphatic carbocycles. The van der Waals surface area contributed by atoms with Gasteiger partial charge in [-0.1, -0.05) is 0 Å². The number of pyridine rings is 1. The van der Waals surface area contributed by atoms with E-state index in [4.69, 9.17) is 9.47 Å². The third kappa shape index (κ3) is 2.89. The van der Waals surface area contributed by atoms with E-state index in [1.807, 2.05) is 0 Å². The van der Waals surface area contributed by atoms with E-state index in [0.717, 1.165) is 6.42 Å². The minimum Gasteiger partial charge on any atom is -0.505 e. The fraction of sp³-hybridized carbons (Fsp3) is 0.200. The lowest BCUT2D eigenvalue weighted by atomic mass is 10.2. The molecular formula is C15H14N2O4. The van der Waals surface area contributed by atoms with Crippen LogP contribution in [0.5, 0.6) is 17.2 Å². The first-order valence-electron chi connectivity index (χ1n) is 6.59. The van der Waals surface area contributed by atoms with E-state index in [2.05, 4.69) is 10.3 Å². The molecule has 21 heavy (non-hydrogen) atoms. The summed E-state index contributed by atoms with van der Waals surface area (Å²) in [5.74, 6) is 0.605. The van der Waals surface area contributed by atoms with Crippen LogP contribution in [-0.2, 0) is 0 Å². The molecule has 0 bridgehead atoms. The number of nitrogens with zero attached hydrogens (tertiary/aromatic N) is 1. The molecule has 1 amide bonds. The zero-order valence-corrected chi connectivity index (χ0v) is 11.2. The Morgan fingerprint density at radius 3 is 2.81 bits per heavy atom. The number of hydrogen-bond acceptors (Lipinski definition) is 5. The molecule has 1 aliphatic rings. The Morgan fingerprint density at radius 2 is 2.00 bits per heavy atom. The Morgan fingerprint density at radius 1 is 1.19 bits per heavy atom. The largest absolute Gasteiger partial charge is 0.505 e. The van der Waals surface area contributed by atoms with Crippen molar-refractivity contribution in [2.24, 2.45) is 0 Å². The summed E-state index contributed by atoms with van der Waals surface area (Å²) in [6.45, 7) is 1.19. The van der Waals surface area contributed by atoms with Gasteiger partial charge >= 0.3 is 0 Å². The number of rotatable bonds is 2. The Kier molecular flexibility index (Phi) is 3.59. The highest BCUT2D eigenvalue weighted by Gasteiger charge is 2.15. The quantitative estimate of drug-likeness (QED) is 0.884. The molecule has 108 valence electrons. The molecule has 2 heterocycles. The molecule has 0 saturated heterocycles. The number of ether oxygens (including phenoxy) is 2. The monoisotopic (exact) mass is 286 g/mol. The Bertz CT molecular complexity index is 672. The second kappa shape index (κ2) is 5.70. The van der Waals surface area contributed by atoms with Crippen LogP contribution in [0, 0.1) is 0 Å². The molecular weight excluding hydrogens is 272 g/mol. The van der Waals surface area contributed by atoms with Gasteiger partial charge in [-0.15, -0.1) is 0 Å². The maximum Gasteiger partial charge on any atom is 0.278 e. The van der Waals surface area contributed by atoms with Crippen LogP contribution in [0.3, 0.4) is 0 Å². The van der Waals surface area contributed by atoms with Crippen LogP contribution in [0.15, 0.2) is 36.5 Å². The van der Waals surface area contributed by atoms with Crippen molar-refractivity contribution in [2.45, 2.75) is 6.42 Å². The molecule has 3 rings (SSSR count). The van der Waals surface area contributed by atoms with Gasteiger partial charge < -0.3 is 19.9 Å². The number of nitrogens with one attached hydrogen (secondary N) is 1. The van der Waals surface area contributed by atoms with Gasteiger partial charge in [-0.25, -0.2) is 4.98 Å². The maximum absolute atomic E-state index is 12.1. The minimum absolute atomic E-state index is 0.0235. The lowest BCUT2D eigenvalue weighted by molar-refractivity contribution is 0.101. The molecule has 0 spiro atoms. The minimum atomic E-state index is -0.484. The number of carbonyl (C=O) groups is 1. The topological polar surface area (TPSA) is 80.7 Å². The lowest BCUT2D eigenvalue weighted by Gasteiger charge is -2.10. The summed E-state index contributed by atoms with van der Waals surface area (Å²) < 4.78 is 11.1. The van der Waals surface area contributed by atoms with Crippen LogP contribution in [0.2, 0.25) is 0 Å². The van der Waals surface area contributed by atoms with Gasteiger partial charge in [0.05, 0.1) is 13.2 Å².